The van der Waals surface area contributed by atoms with Crippen molar-refractivity contribution >= 4 is 90.2 Å². The summed E-state index contributed by atoms with van der Waals surface area (Å²) in [5.74, 6) is 0.222. The molecule has 6 N–H and O–H groups in total. The van der Waals surface area contributed by atoms with E-state index >= 15 is 0 Å². The molecule has 6 rings (SSSR count). The largest absolute Gasteiger partial charge is 0.367 e. The number of hydrazone groups is 2. The minimum absolute atomic E-state index is 0.103. The summed E-state index contributed by atoms with van der Waals surface area (Å²) in [7, 11) is 0. The van der Waals surface area contributed by atoms with E-state index in [4.69, 9.17) is 11.5 Å². The molecule has 0 heterocycles. The summed E-state index contributed by atoms with van der Waals surface area (Å²) in [6.45, 7) is 0. The molecule has 0 fully saturated rings. The molecule has 0 unspecified atom stereocenters. The van der Waals surface area contributed by atoms with Gasteiger partial charge in [0.2, 0.25) is 11.9 Å². The van der Waals surface area contributed by atoms with Gasteiger partial charge in [0.25, 0.3) is 0 Å². The Morgan fingerprint density at radius 3 is 1.32 bits per heavy atom. The van der Waals surface area contributed by atoms with Crippen LogP contribution in [0.1, 0.15) is 22.3 Å². The van der Waals surface area contributed by atoms with Crippen LogP contribution in [0, 0.1) is 0 Å². The molecule has 0 saturated heterocycles. The number of nitrogens with two attached hydrogens (primary N) is 2. The molecule has 0 radical (unpaired) electrons. The van der Waals surface area contributed by atoms with Gasteiger partial charge in [-0.3, -0.25) is 0 Å². The lowest BCUT2D eigenvalue weighted by atomic mass is 10.1. The van der Waals surface area contributed by atoms with E-state index in [9.17, 15) is 0 Å². The fourth-order valence-electron chi connectivity index (χ4n) is 4.57. The molecule has 10 nitrogen and oxygen atoms in total. The van der Waals surface area contributed by atoms with Gasteiger partial charge in [-0.25, -0.2) is 10.9 Å². The SMILES string of the molecule is NC(=NN=Cc1cccc2ccccc12)NN=Cc1cccc2ccccc12.NC(=NN=Cc1ccccc1Br)NN=Cc1ccccc1Br. The first-order chi connectivity index (χ1) is 24.5. The van der Waals surface area contributed by atoms with Crippen molar-refractivity contribution in [3.8, 4) is 0 Å². The third kappa shape index (κ3) is 10.5. The molecule has 50 heavy (non-hydrogen) atoms. The minimum Gasteiger partial charge on any atom is -0.367 e. The Labute approximate surface area is 306 Å². The number of nitrogens with zero attached hydrogens (tertiary/aromatic N) is 6. The number of guanidine groups is 2. The van der Waals surface area contributed by atoms with Crippen molar-refractivity contribution in [1.29, 1.82) is 0 Å². The molecule has 0 aromatic heterocycles. The summed E-state index contributed by atoms with van der Waals surface area (Å²) in [6.07, 6.45) is 6.66. The lowest BCUT2D eigenvalue weighted by molar-refractivity contribution is 0.994. The Bertz CT molecular complexity index is 2230. The molecule has 0 saturated carbocycles. The Morgan fingerprint density at radius 1 is 0.440 bits per heavy atom. The molecule has 6 aromatic carbocycles. The summed E-state index contributed by atoms with van der Waals surface area (Å²) >= 11 is 6.85. The monoisotopic (exact) mass is 786 g/mol. The molecule has 0 spiro atoms. The second kappa shape index (κ2) is 18.5. The van der Waals surface area contributed by atoms with E-state index in [1.807, 2.05) is 97.1 Å². The van der Waals surface area contributed by atoms with Crippen molar-refractivity contribution in [2.75, 3.05) is 0 Å². The number of hydrogen-bond acceptors (Lipinski definition) is 6. The van der Waals surface area contributed by atoms with Crippen molar-refractivity contribution in [3.63, 3.8) is 0 Å². The van der Waals surface area contributed by atoms with Crippen molar-refractivity contribution in [2.24, 2.45) is 42.1 Å². The molecule has 0 aliphatic heterocycles. The van der Waals surface area contributed by atoms with Gasteiger partial charge in [0.05, 0.1) is 24.9 Å². The predicted octanol–water partition coefficient (Wildman–Crippen LogP) is 7.75. The van der Waals surface area contributed by atoms with E-state index in [0.717, 1.165) is 52.7 Å². The lowest BCUT2D eigenvalue weighted by Crippen LogP contribution is -2.26. The standard InChI is InChI=1S/C23H19N5.C15H13Br2N5/c24-23(27-25-15-19-11-5-9-17-7-1-3-13-21(17)19)28-26-16-20-12-6-10-18-8-2-4-14-22(18)20;16-13-7-3-1-5-11(13)9-19-21-15(18)22-20-10-12-6-2-4-8-14(12)17/h1-16H,(H3,24,27,28);1-10H,(H3,18,21,22). The smallest absolute Gasteiger partial charge is 0.234 e. The number of hydrogen-bond donors (Lipinski definition) is 4. The van der Waals surface area contributed by atoms with E-state index < -0.39 is 0 Å². The Balaban J connectivity index is 0.000000201. The second-order valence-corrected chi connectivity index (χ2v) is 12.1. The molecule has 0 aliphatic rings. The lowest BCUT2D eigenvalue weighted by Gasteiger charge is -2.02. The van der Waals surface area contributed by atoms with Gasteiger partial charge >= 0.3 is 0 Å². The van der Waals surface area contributed by atoms with Crippen molar-refractivity contribution < 1.29 is 0 Å². The quantitative estimate of drug-likeness (QED) is 0.0709. The fourth-order valence-corrected chi connectivity index (χ4v) is 5.35. The highest BCUT2D eigenvalue weighted by molar-refractivity contribution is 9.10. The first-order valence-corrected chi connectivity index (χ1v) is 16.8. The molecular formula is C38H32Br2N10. The van der Waals surface area contributed by atoms with Crippen LogP contribution in [0.25, 0.3) is 21.5 Å². The molecular weight excluding hydrogens is 756 g/mol. The molecule has 0 bridgehead atoms. The maximum atomic E-state index is 5.84. The Kier molecular flexibility index (Phi) is 13.1. The van der Waals surface area contributed by atoms with Gasteiger partial charge in [0, 0.05) is 31.2 Å². The van der Waals surface area contributed by atoms with Crippen LogP contribution in [0.15, 0.2) is 173 Å². The summed E-state index contributed by atoms with van der Waals surface area (Å²) in [5.41, 5.74) is 20.6. The van der Waals surface area contributed by atoms with Crippen LogP contribution in [0.5, 0.6) is 0 Å². The van der Waals surface area contributed by atoms with Gasteiger partial charge in [0.15, 0.2) is 0 Å². The van der Waals surface area contributed by atoms with E-state index in [0.29, 0.717) is 0 Å². The van der Waals surface area contributed by atoms with Gasteiger partial charge in [-0.2, -0.15) is 20.4 Å². The fraction of sp³-hybridized carbons (Fsp3) is 0. The van der Waals surface area contributed by atoms with Crippen molar-refractivity contribution in [3.05, 3.63) is 165 Å². The number of nitrogens with one attached hydrogen (secondary N) is 2. The second-order valence-electron chi connectivity index (χ2n) is 10.4. The van der Waals surface area contributed by atoms with E-state index in [-0.39, 0.29) is 11.9 Å². The summed E-state index contributed by atoms with van der Waals surface area (Å²) < 4.78 is 1.88. The normalized spacial score (nSPS) is 12.3. The third-order valence-corrected chi connectivity index (χ3v) is 8.39. The summed E-state index contributed by atoms with van der Waals surface area (Å²) in [5, 5.41) is 28.5. The van der Waals surface area contributed by atoms with E-state index in [2.05, 4.69) is 110 Å². The highest BCUT2D eigenvalue weighted by atomic mass is 79.9. The van der Waals surface area contributed by atoms with E-state index in [1.165, 1.54) is 0 Å². The zero-order valence-electron chi connectivity index (χ0n) is 26.6. The van der Waals surface area contributed by atoms with Crippen LogP contribution in [-0.4, -0.2) is 36.8 Å². The predicted molar refractivity (Wildman–Crippen MR) is 216 cm³/mol. The topological polar surface area (TPSA) is 150 Å². The molecule has 6 aromatic rings. The zero-order valence-corrected chi connectivity index (χ0v) is 29.8. The Morgan fingerprint density at radius 2 is 0.800 bits per heavy atom. The molecule has 0 atom stereocenters. The van der Waals surface area contributed by atoms with Crippen LogP contribution in [0.3, 0.4) is 0 Å². The van der Waals surface area contributed by atoms with Gasteiger partial charge in [-0.05, 0) is 33.7 Å². The number of fused-ring (bicyclic) bond motifs is 2. The van der Waals surface area contributed by atoms with Crippen LogP contribution >= 0.6 is 31.9 Å². The number of halogens is 2. The van der Waals surface area contributed by atoms with Gasteiger partial charge in [-0.15, -0.1) is 10.2 Å². The van der Waals surface area contributed by atoms with Gasteiger partial charge < -0.3 is 11.5 Å². The van der Waals surface area contributed by atoms with Crippen LogP contribution in [0.4, 0.5) is 0 Å². The van der Waals surface area contributed by atoms with Crippen LogP contribution in [-0.2, 0) is 0 Å². The Hall–Kier alpha value is -5.98. The maximum absolute atomic E-state index is 5.84. The molecule has 12 heteroatoms. The average molecular weight is 789 g/mol. The van der Waals surface area contributed by atoms with Gasteiger partial charge in [-0.1, -0.05) is 153 Å². The number of rotatable bonds is 8. The highest BCUT2D eigenvalue weighted by Crippen LogP contribution is 2.18. The van der Waals surface area contributed by atoms with Gasteiger partial charge in [0.1, 0.15) is 0 Å². The maximum Gasteiger partial charge on any atom is 0.234 e. The van der Waals surface area contributed by atoms with Crippen LogP contribution in [0.2, 0.25) is 0 Å². The number of benzene rings is 6. The third-order valence-electron chi connectivity index (χ3n) is 6.95. The first kappa shape index (κ1) is 35.3. The summed E-state index contributed by atoms with van der Waals surface area (Å²) in [6, 6.07) is 43.8. The van der Waals surface area contributed by atoms with Crippen LogP contribution < -0.4 is 22.3 Å². The highest BCUT2D eigenvalue weighted by Gasteiger charge is 1.99. The first-order valence-electron chi connectivity index (χ1n) is 15.2. The van der Waals surface area contributed by atoms with E-state index in [1.54, 1.807) is 24.9 Å². The molecule has 248 valence electrons. The van der Waals surface area contributed by atoms with Crippen molar-refractivity contribution in [2.45, 2.75) is 0 Å². The minimum atomic E-state index is 0.103. The summed E-state index contributed by atoms with van der Waals surface area (Å²) in [4.78, 5) is 0. The average Bonchev–Trinajstić information content (AvgIpc) is 3.14. The zero-order chi connectivity index (χ0) is 35.0. The molecule has 0 amide bonds. The van der Waals surface area contributed by atoms with Crippen molar-refractivity contribution in [1.82, 2.24) is 10.9 Å². The molecule has 0 aliphatic carbocycles.